The standard InChI is InChI=1S/C26H26F6N6O4/c1-41-20-4-2-17(3-5-20)15-38-23(40)21(26(30,31)32)12-19(35-38)6-11-42-16-22(39)36-7-9-37(10-8-36)24-33-13-18(14-34-24)25(27,28)29/h2-5,12-14H,6-11,15-16H2,1H3. The van der Waals surface area contributed by atoms with Crippen LogP contribution in [0.3, 0.4) is 0 Å². The Labute approximate surface area is 235 Å². The zero-order valence-electron chi connectivity index (χ0n) is 22.3. The average molecular weight is 601 g/mol. The molecule has 16 heteroatoms. The number of ether oxygens (including phenoxy) is 2. The summed E-state index contributed by atoms with van der Waals surface area (Å²) in [6.45, 7) is 0.417. The summed E-state index contributed by atoms with van der Waals surface area (Å²) in [5.74, 6) is 0.298. The molecule has 4 rings (SSSR count). The molecule has 1 amide bonds. The van der Waals surface area contributed by atoms with Crippen molar-refractivity contribution in [1.82, 2.24) is 24.6 Å². The maximum atomic E-state index is 13.6. The number of hydrogen-bond donors (Lipinski definition) is 0. The predicted octanol–water partition coefficient (Wildman–Crippen LogP) is 3.04. The van der Waals surface area contributed by atoms with Crippen molar-refractivity contribution in [2.45, 2.75) is 25.3 Å². The van der Waals surface area contributed by atoms with Gasteiger partial charge >= 0.3 is 12.4 Å². The number of carbonyl (C=O) groups is 1. The van der Waals surface area contributed by atoms with E-state index in [2.05, 4.69) is 15.1 Å². The van der Waals surface area contributed by atoms with E-state index in [9.17, 15) is 35.9 Å². The van der Waals surface area contributed by atoms with E-state index in [1.54, 1.807) is 29.2 Å². The molecule has 2 aromatic heterocycles. The van der Waals surface area contributed by atoms with Crippen LogP contribution in [-0.2, 0) is 34.8 Å². The highest BCUT2D eigenvalue weighted by atomic mass is 19.4. The van der Waals surface area contributed by atoms with E-state index in [0.717, 1.165) is 4.68 Å². The van der Waals surface area contributed by atoms with E-state index in [0.29, 0.717) is 29.8 Å². The monoisotopic (exact) mass is 600 g/mol. The quantitative estimate of drug-likeness (QED) is 0.273. The molecule has 1 aromatic carbocycles. The molecule has 226 valence electrons. The number of anilines is 1. The molecule has 1 fully saturated rings. The molecule has 0 radical (unpaired) electrons. The summed E-state index contributed by atoms with van der Waals surface area (Å²) >= 11 is 0. The summed E-state index contributed by atoms with van der Waals surface area (Å²) in [6, 6.07) is 7.13. The number of alkyl halides is 6. The van der Waals surface area contributed by atoms with Crippen LogP contribution in [0, 0.1) is 0 Å². The van der Waals surface area contributed by atoms with Gasteiger partial charge in [-0.3, -0.25) is 9.59 Å². The fraction of sp³-hybridized carbons (Fsp3) is 0.423. The summed E-state index contributed by atoms with van der Waals surface area (Å²) in [6.07, 6.45) is -8.12. The minimum Gasteiger partial charge on any atom is -0.497 e. The summed E-state index contributed by atoms with van der Waals surface area (Å²) in [5, 5.41) is 4.06. The second kappa shape index (κ2) is 12.8. The Bertz CT molecular complexity index is 1420. The number of amides is 1. The molecule has 10 nitrogen and oxygen atoms in total. The van der Waals surface area contributed by atoms with Gasteiger partial charge in [0.25, 0.3) is 5.56 Å². The highest BCUT2D eigenvalue weighted by Crippen LogP contribution is 2.29. The number of nitrogens with zero attached hydrogens (tertiary/aromatic N) is 6. The molecule has 1 aliphatic rings. The van der Waals surface area contributed by atoms with Crippen molar-refractivity contribution in [3.05, 3.63) is 75.5 Å². The number of rotatable bonds is 9. The lowest BCUT2D eigenvalue weighted by Gasteiger charge is -2.34. The normalized spacial score (nSPS) is 14.3. The number of hydrogen-bond acceptors (Lipinski definition) is 8. The summed E-state index contributed by atoms with van der Waals surface area (Å²) in [5.41, 5.74) is -3.08. The van der Waals surface area contributed by atoms with Gasteiger partial charge in [0.15, 0.2) is 0 Å². The molecule has 0 spiro atoms. The molecule has 0 aliphatic carbocycles. The largest absolute Gasteiger partial charge is 0.497 e. The molecule has 3 aromatic rings. The number of aromatic nitrogens is 4. The van der Waals surface area contributed by atoms with Gasteiger partial charge in [-0.15, -0.1) is 0 Å². The van der Waals surface area contributed by atoms with Gasteiger partial charge in [0.1, 0.15) is 17.9 Å². The lowest BCUT2D eigenvalue weighted by Crippen LogP contribution is -2.50. The number of carbonyl (C=O) groups excluding carboxylic acids is 1. The van der Waals surface area contributed by atoms with Crippen LogP contribution in [-0.4, -0.2) is 77.1 Å². The smallest absolute Gasteiger partial charge is 0.421 e. The van der Waals surface area contributed by atoms with Crippen LogP contribution in [0.2, 0.25) is 0 Å². The van der Waals surface area contributed by atoms with Gasteiger partial charge in [-0.2, -0.15) is 31.4 Å². The summed E-state index contributed by atoms with van der Waals surface area (Å²) < 4.78 is 90.0. The number of halogens is 6. The molecule has 1 aliphatic heterocycles. The van der Waals surface area contributed by atoms with Gasteiger partial charge in [-0.25, -0.2) is 14.6 Å². The van der Waals surface area contributed by atoms with Crippen LogP contribution in [0.25, 0.3) is 0 Å². The van der Waals surface area contributed by atoms with Crippen LogP contribution in [0.15, 0.2) is 47.5 Å². The Morgan fingerprint density at radius 2 is 1.60 bits per heavy atom. The maximum Gasteiger partial charge on any atom is 0.421 e. The van der Waals surface area contributed by atoms with E-state index < -0.39 is 29.0 Å². The molecule has 0 atom stereocenters. The van der Waals surface area contributed by atoms with Gasteiger partial charge < -0.3 is 19.3 Å². The minimum absolute atomic E-state index is 0.0342. The van der Waals surface area contributed by atoms with Crippen molar-refractivity contribution in [1.29, 1.82) is 0 Å². The SMILES string of the molecule is COc1ccc(Cn2nc(CCOCC(=O)N3CCN(c4ncc(C(F)(F)F)cn4)CC3)cc(C(F)(F)F)c2=O)cc1. The number of piperazine rings is 1. The molecule has 1 saturated heterocycles. The Balaban J connectivity index is 1.30. The Morgan fingerprint density at radius 3 is 2.17 bits per heavy atom. The van der Waals surface area contributed by atoms with Crippen molar-refractivity contribution in [2.75, 3.05) is 51.4 Å². The van der Waals surface area contributed by atoms with Gasteiger partial charge in [-0.1, -0.05) is 12.1 Å². The molecular formula is C26H26F6N6O4. The topological polar surface area (TPSA) is 103 Å². The van der Waals surface area contributed by atoms with E-state index >= 15 is 0 Å². The van der Waals surface area contributed by atoms with Gasteiger partial charge in [0.05, 0.1) is 31.5 Å². The first-order valence-corrected chi connectivity index (χ1v) is 12.7. The van der Waals surface area contributed by atoms with Crippen molar-refractivity contribution < 1.29 is 40.6 Å². The second-order valence-corrected chi connectivity index (χ2v) is 9.30. The third-order valence-electron chi connectivity index (χ3n) is 6.43. The van der Waals surface area contributed by atoms with Gasteiger partial charge in [0, 0.05) is 45.0 Å². The summed E-state index contributed by atoms with van der Waals surface area (Å²) in [7, 11) is 1.47. The first-order valence-electron chi connectivity index (χ1n) is 12.7. The molecule has 0 bridgehead atoms. The van der Waals surface area contributed by atoms with Crippen molar-refractivity contribution in [3.63, 3.8) is 0 Å². The van der Waals surface area contributed by atoms with Crippen molar-refractivity contribution >= 4 is 11.9 Å². The molecule has 42 heavy (non-hydrogen) atoms. The Morgan fingerprint density at radius 1 is 0.952 bits per heavy atom. The van der Waals surface area contributed by atoms with Crippen molar-refractivity contribution in [3.8, 4) is 5.75 Å². The van der Waals surface area contributed by atoms with Crippen LogP contribution in [0.4, 0.5) is 32.3 Å². The van der Waals surface area contributed by atoms with E-state index in [1.165, 1.54) is 12.0 Å². The van der Waals surface area contributed by atoms with E-state index in [-0.39, 0.29) is 69.9 Å². The zero-order chi connectivity index (χ0) is 30.5. The summed E-state index contributed by atoms with van der Waals surface area (Å²) in [4.78, 5) is 35.7. The maximum absolute atomic E-state index is 13.6. The highest BCUT2D eigenvalue weighted by Gasteiger charge is 2.35. The third-order valence-corrected chi connectivity index (χ3v) is 6.43. The minimum atomic E-state index is -4.89. The number of benzene rings is 1. The first-order chi connectivity index (χ1) is 19.8. The molecule has 0 unspecified atom stereocenters. The average Bonchev–Trinajstić information content (AvgIpc) is 2.96. The molecule has 3 heterocycles. The predicted molar refractivity (Wildman–Crippen MR) is 136 cm³/mol. The lowest BCUT2D eigenvalue weighted by molar-refractivity contribution is -0.139. The van der Waals surface area contributed by atoms with E-state index in [1.807, 2.05) is 0 Å². The lowest BCUT2D eigenvalue weighted by atomic mass is 10.2. The Hall–Kier alpha value is -4.21. The Kier molecular flexibility index (Phi) is 9.33. The fourth-order valence-corrected chi connectivity index (χ4v) is 4.15. The van der Waals surface area contributed by atoms with Crippen LogP contribution in [0.1, 0.15) is 22.4 Å². The van der Waals surface area contributed by atoms with Crippen LogP contribution >= 0.6 is 0 Å². The zero-order valence-corrected chi connectivity index (χ0v) is 22.3. The van der Waals surface area contributed by atoms with E-state index in [4.69, 9.17) is 9.47 Å². The highest BCUT2D eigenvalue weighted by molar-refractivity contribution is 5.77. The van der Waals surface area contributed by atoms with Gasteiger partial charge in [0.2, 0.25) is 11.9 Å². The molecule has 0 N–H and O–H groups in total. The molecule has 0 saturated carbocycles. The van der Waals surface area contributed by atoms with Crippen LogP contribution < -0.4 is 15.2 Å². The van der Waals surface area contributed by atoms with Crippen LogP contribution in [0.5, 0.6) is 5.75 Å². The van der Waals surface area contributed by atoms with Gasteiger partial charge in [-0.05, 0) is 23.8 Å². The first kappa shape index (κ1) is 30.7. The fourth-order valence-electron chi connectivity index (χ4n) is 4.15. The van der Waals surface area contributed by atoms with Crippen molar-refractivity contribution in [2.24, 2.45) is 0 Å². The third kappa shape index (κ3) is 7.74. The second-order valence-electron chi connectivity index (χ2n) is 9.30. The molecular weight excluding hydrogens is 574 g/mol. The number of methoxy groups -OCH3 is 1.